The third-order valence-corrected chi connectivity index (χ3v) is 3.96. The van der Waals surface area contributed by atoms with E-state index >= 15 is 0 Å². The van der Waals surface area contributed by atoms with Crippen molar-refractivity contribution >= 4 is 16.9 Å². The van der Waals surface area contributed by atoms with E-state index in [4.69, 9.17) is 10.8 Å². The van der Waals surface area contributed by atoms with Crippen LogP contribution in [0.3, 0.4) is 0 Å². The summed E-state index contributed by atoms with van der Waals surface area (Å²) in [5.41, 5.74) is 7.97. The van der Waals surface area contributed by atoms with Crippen LogP contribution in [0.25, 0.3) is 11.0 Å². The number of benzene rings is 1. The SMILES string of the molecule is C#CCCC1(CCC(=O)NCc2ccc3occc3c2)NN1. The minimum atomic E-state index is -0.139. The fraction of sp³-hybridized carbons (Fsp3) is 0.353. The van der Waals surface area contributed by atoms with Gasteiger partial charge in [0.2, 0.25) is 5.91 Å². The molecule has 0 radical (unpaired) electrons. The van der Waals surface area contributed by atoms with Crippen LogP contribution in [0, 0.1) is 12.3 Å². The molecule has 1 aromatic heterocycles. The van der Waals surface area contributed by atoms with Crippen LogP contribution in [0.4, 0.5) is 0 Å². The topological polar surface area (TPSA) is 86.1 Å². The number of hydrazine groups is 1. The van der Waals surface area contributed by atoms with Crippen LogP contribution in [0.1, 0.15) is 31.2 Å². The average Bonchev–Trinajstić information content (AvgIpc) is 3.16. The van der Waals surface area contributed by atoms with Gasteiger partial charge in [0.1, 0.15) is 5.58 Å². The molecular weight excluding hydrogens is 278 g/mol. The van der Waals surface area contributed by atoms with E-state index in [1.54, 1.807) is 6.26 Å². The lowest BCUT2D eigenvalue weighted by Crippen LogP contribution is -2.26. The maximum Gasteiger partial charge on any atom is 0.220 e. The number of terminal acetylenes is 1. The number of carbonyl (C=O) groups excluding carboxylic acids is 1. The fourth-order valence-electron chi connectivity index (χ4n) is 2.49. The average molecular weight is 297 g/mol. The van der Waals surface area contributed by atoms with Crippen molar-refractivity contribution in [3.63, 3.8) is 0 Å². The largest absolute Gasteiger partial charge is 0.464 e. The number of carbonyl (C=O) groups is 1. The molecule has 0 saturated carbocycles. The lowest BCUT2D eigenvalue weighted by molar-refractivity contribution is -0.121. The quantitative estimate of drug-likeness (QED) is 0.539. The van der Waals surface area contributed by atoms with Gasteiger partial charge in [0, 0.05) is 24.8 Å². The molecule has 0 spiro atoms. The monoisotopic (exact) mass is 297 g/mol. The normalized spacial score (nSPS) is 15.4. The number of nitrogens with one attached hydrogen (secondary N) is 3. The van der Waals surface area contributed by atoms with Crippen molar-refractivity contribution in [2.75, 3.05) is 0 Å². The van der Waals surface area contributed by atoms with E-state index in [1.165, 1.54) is 0 Å². The second-order valence-corrected chi connectivity index (χ2v) is 5.61. The number of amides is 1. The van der Waals surface area contributed by atoms with Gasteiger partial charge >= 0.3 is 0 Å². The highest BCUT2D eigenvalue weighted by molar-refractivity contribution is 5.78. The standard InChI is InChI=1S/C17H19N3O2/c1-2-3-8-17(19-20-17)9-6-16(21)18-12-13-4-5-15-14(11-13)7-10-22-15/h1,4-5,7,10-11,19-20H,3,6,8-9,12H2,(H,18,21). The second kappa shape index (κ2) is 6.22. The van der Waals surface area contributed by atoms with E-state index in [0.717, 1.165) is 29.4 Å². The van der Waals surface area contributed by atoms with Gasteiger partial charge in [-0.25, -0.2) is 10.9 Å². The molecule has 1 aliphatic heterocycles. The predicted molar refractivity (Wildman–Crippen MR) is 84.4 cm³/mol. The Labute approximate surface area is 129 Å². The second-order valence-electron chi connectivity index (χ2n) is 5.61. The van der Waals surface area contributed by atoms with Crippen molar-refractivity contribution in [2.24, 2.45) is 0 Å². The molecule has 5 nitrogen and oxygen atoms in total. The first kappa shape index (κ1) is 14.6. The van der Waals surface area contributed by atoms with Gasteiger partial charge in [0.25, 0.3) is 0 Å². The first-order valence-corrected chi connectivity index (χ1v) is 7.41. The van der Waals surface area contributed by atoms with Crippen LogP contribution >= 0.6 is 0 Å². The van der Waals surface area contributed by atoms with Crippen LogP contribution in [-0.4, -0.2) is 11.6 Å². The van der Waals surface area contributed by atoms with E-state index in [9.17, 15) is 4.79 Å². The maximum absolute atomic E-state index is 12.0. The van der Waals surface area contributed by atoms with Gasteiger partial charge in [-0.3, -0.25) is 4.79 Å². The van der Waals surface area contributed by atoms with E-state index in [0.29, 0.717) is 19.4 Å². The summed E-state index contributed by atoms with van der Waals surface area (Å²) < 4.78 is 5.30. The third kappa shape index (κ3) is 3.48. The zero-order valence-corrected chi connectivity index (χ0v) is 12.3. The number of rotatable bonds is 7. The van der Waals surface area contributed by atoms with Crippen molar-refractivity contribution in [3.05, 3.63) is 36.1 Å². The fourth-order valence-corrected chi connectivity index (χ4v) is 2.49. The third-order valence-electron chi connectivity index (χ3n) is 3.96. The summed E-state index contributed by atoms with van der Waals surface area (Å²) in [6.07, 6.45) is 9.69. The number of fused-ring (bicyclic) bond motifs is 1. The van der Waals surface area contributed by atoms with E-state index in [1.807, 2.05) is 24.3 Å². The highest BCUT2D eigenvalue weighted by Gasteiger charge is 2.40. The molecule has 1 saturated heterocycles. The van der Waals surface area contributed by atoms with E-state index in [-0.39, 0.29) is 11.6 Å². The Balaban J connectivity index is 1.45. The molecule has 0 atom stereocenters. The summed E-state index contributed by atoms with van der Waals surface area (Å²) in [6, 6.07) is 7.83. The molecule has 3 N–H and O–H groups in total. The minimum absolute atomic E-state index is 0.0443. The highest BCUT2D eigenvalue weighted by Crippen LogP contribution is 2.23. The number of furan rings is 1. The van der Waals surface area contributed by atoms with Gasteiger partial charge in [-0.2, -0.15) is 0 Å². The van der Waals surface area contributed by atoms with Gasteiger partial charge in [0.05, 0.1) is 11.9 Å². The summed E-state index contributed by atoms with van der Waals surface area (Å²) >= 11 is 0. The molecule has 1 aliphatic rings. The van der Waals surface area contributed by atoms with Crippen molar-refractivity contribution < 1.29 is 9.21 Å². The smallest absolute Gasteiger partial charge is 0.220 e. The summed E-state index contributed by atoms with van der Waals surface area (Å²) in [6.45, 7) is 0.526. The molecule has 5 heteroatoms. The Morgan fingerprint density at radius 1 is 1.32 bits per heavy atom. The van der Waals surface area contributed by atoms with E-state index in [2.05, 4.69) is 22.1 Å². The first-order chi connectivity index (χ1) is 10.7. The van der Waals surface area contributed by atoms with Gasteiger partial charge in [0.15, 0.2) is 0 Å². The molecule has 0 unspecified atom stereocenters. The molecule has 114 valence electrons. The molecule has 3 rings (SSSR count). The maximum atomic E-state index is 12.0. The van der Waals surface area contributed by atoms with Crippen LogP contribution in [0.2, 0.25) is 0 Å². The van der Waals surface area contributed by atoms with Crippen LogP contribution in [0.5, 0.6) is 0 Å². The van der Waals surface area contributed by atoms with Gasteiger partial charge in [-0.1, -0.05) is 6.07 Å². The predicted octanol–water partition coefficient (Wildman–Crippen LogP) is 2.05. The lowest BCUT2D eigenvalue weighted by Gasteiger charge is -2.10. The van der Waals surface area contributed by atoms with E-state index < -0.39 is 0 Å². The first-order valence-electron chi connectivity index (χ1n) is 7.41. The highest BCUT2D eigenvalue weighted by atomic mass is 16.3. The lowest BCUT2D eigenvalue weighted by atomic mass is 10.0. The Hall–Kier alpha value is -2.29. The molecular formula is C17H19N3O2. The molecule has 1 aromatic carbocycles. The molecule has 0 bridgehead atoms. The van der Waals surface area contributed by atoms with Crippen LogP contribution in [0.15, 0.2) is 34.9 Å². The Morgan fingerprint density at radius 3 is 2.95 bits per heavy atom. The molecule has 1 fully saturated rings. The summed E-state index contributed by atoms with van der Waals surface area (Å²) in [7, 11) is 0. The van der Waals surface area contributed by atoms with Gasteiger partial charge < -0.3 is 9.73 Å². The number of hydrogen-bond acceptors (Lipinski definition) is 4. The molecule has 0 aliphatic carbocycles. The van der Waals surface area contributed by atoms with Gasteiger partial charge in [-0.05, 0) is 36.6 Å². The number of hydrogen-bond donors (Lipinski definition) is 3. The van der Waals surface area contributed by atoms with Gasteiger partial charge in [-0.15, -0.1) is 12.3 Å². The van der Waals surface area contributed by atoms with Crippen molar-refractivity contribution in [3.8, 4) is 12.3 Å². The molecule has 1 amide bonds. The summed E-state index contributed by atoms with van der Waals surface area (Å²) in [5, 5.41) is 3.99. The van der Waals surface area contributed by atoms with Crippen molar-refractivity contribution in [1.82, 2.24) is 16.2 Å². The molecule has 2 heterocycles. The minimum Gasteiger partial charge on any atom is -0.464 e. The zero-order chi connectivity index (χ0) is 15.4. The Bertz CT molecular complexity index is 710. The summed E-state index contributed by atoms with van der Waals surface area (Å²) in [5.74, 6) is 2.67. The Kier molecular flexibility index (Phi) is 4.14. The molecule has 2 aromatic rings. The zero-order valence-electron chi connectivity index (χ0n) is 12.3. The van der Waals surface area contributed by atoms with Crippen LogP contribution in [-0.2, 0) is 11.3 Å². The van der Waals surface area contributed by atoms with Crippen LogP contribution < -0.4 is 16.2 Å². The van der Waals surface area contributed by atoms with Crippen molar-refractivity contribution in [2.45, 2.75) is 37.9 Å². The molecule has 22 heavy (non-hydrogen) atoms. The van der Waals surface area contributed by atoms with Crippen molar-refractivity contribution in [1.29, 1.82) is 0 Å². The Morgan fingerprint density at radius 2 is 2.18 bits per heavy atom. The summed E-state index contributed by atoms with van der Waals surface area (Å²) in [4.78, 5) is 12.0.